The fourth-order valence-electron chi connectivity index (χ4n) is 2.51. The number of hydrogen-bond donors (Lipinski definition) is 1. The highest BCUT2D eigenvalue weighted by molar-refractivity contribution is 7.88. The predicted octanol–water partition coefficient (Wildman–Crippen LogP) is 2.33. The van der Waals surface area contributed by atoms with E-state index in [0.717, 1.165) is 21.9 Å². The molecular weight excluding hydrogens is 352 g/mol. The van der Waals surface area contributed by atoms with E-state index >= 15 is 0 Å². The number of nitrogens with zero attached hydrogens (tertiary/aromatic N) is 1. The van der Waals surface area contributed by atoms with E-state index in [-0.39, 0.29) is 5.91 Å². The van der Waals surface area contributed by atoms with E-state index in [9.17, 15) is 13.2 Å². The highest BCUT2D eigenvalue weighted by Gasteiger charge is 2.30. The molecule has 2 aromatic rings. The van der Waals surface area contributed by atoms with Gasteiger partial charge in [-0.2, -0.15) is 4.31 Å². The van der Waals surface area contributed by atoms with Gasteiger partial charge in [-0.3, -0.25) is 4.79 Å². The minimum absolute atomic E-state index is 0.298. The van der Waals surface area contributed by atoms with Crippen LogP contribution >= 0.6 is 0 Å². The Morgan fingerprint density at radius 3 is 2.27 bits per heavy atom. The smallest absolute Gasteiger partial charge is 0.243 e. The quantitative estimate of drug-likeness (QED) is 0.767. The Hall–Kier alpha value is -2.38. The van der Waals surface area contributed by atoms with Gasteiger partial charge in [0.05, 0.1) is 12.9 Å². The molecule has 0 aromatic heterocycles. The maximum Gasteiger partial charge on any atom is 0.243 e. The summed E-state index contributed by atoms with van der Waals surface area (Å²) in [6, 6.07) is 15.3. The number of amides is 1. The standard InChI is InChI=1S/C19H24N2O4S/c1-4-25-17-12-10-15(11-13-17)14-20-19(22)18(21(2)26(3,23)24)16-8-6-5-7-9-16/h5-13,18H,4,14H2,1-3H3,(H,20,22)/t18-/m0/s1. The Bertz CT molecular complexity index is 820. The first-order valence-electron chi connectivity index (χ1n) is 8.30. The van der Waals surface area contributed by atoms with Gasteiger partial charge in [0.2, 0.25) is 15.9 Å². The van der Waals surface area contributed by atoms with Crippen LogP contribution < -0.4 is 10.1 Å². The molecule has 0 bridgehead atoms. The summed E-state index contributed by atoms with van der Waals surface area (Å²) >= 11 is 0. The molecule has 0 fully saturated rings. The van der Waals surface area contributed by atoms with Gasteiger partial charge in [-0.05, 0) is 30.2 Å². The van der Waals surface area contributed by atoms with Gasteiger partial charge in [-0.1, -0.05) is 42.5 Å². The average molecular weight is 376 g/mol. The summed E-state index contributed by atoms with van der Waals surface area (Å²) in [7, 11) is -2.13. The van der Waals surface area contributed by atoms with Crippen molar-refractivity contribution in [3.05, 3.63) is 65.7 Å². The number of likely N-dealkylation sites (N-methyl/N-ethyl adjacent to an activating group) is 1. The molecule has 1 atom stereocenters. The molecule has 1 amide bonds. The number of sulfonamides is 1. The minimum atomic E-state index is -3.53. The van der Waals surface area contributed by atoms with Crippen LogP contribution in [0, 0.1) is 0 Å². The first-order valence-corrected chi connectivity index (χ1v) is 10.1. The van der Waals surface area contributed by atoms with E-state index in [2.05, 4.69) is 5.32 Å². The number of nitrogens with one attached hydrogen (secondary N) is 1. The van der Waals surface area contributed by atoms with Crippen LogP contribution in [0.4, 0.5) is 0 Å². The molecule has 2 rings (SSSR count). The minimum Gasteiger partial charge on any atom is -0.494 e. The Balaban J connectivity index is 2.14. The molecule has 0 radical (unpaired) electrons. The lowest BCUT2D eigenvalue weighted by Crippen LogP contribution is -2.41. The largest absolute Gasteiger partial charge is 0.494 e. The molecular formula is C19H24N2O4S. The van der Waals surface area contributed by atoms with Crippen molar-refractivity contribution < 1.29 is 17.9 Å². The molecule has 1 N–H and O–H groups in total. The van der Waals surface area contributed by atoms with Crippen LogP contribution in [-0.4, -0.2) is 38.5 Å². The highest BCUT2D eigenvalue weighted by Crippen LogP contribution is 2.22. The summed E-state index contributed by atoms with van der Waals surface area (Å²) < 4.78 is 30.4. The normalized spacial score (nSPS) is 12.6. The summed E-state index contributed by atoms with van der Waals surface area (Å²) in [5, 5.41) is 2.82. The second-order valence-corrected chi connectivity index (χ2v) is 7.93. The lowest BCUT2D eigenvalue weighted by Gasteiger charge is -2.25. The highest BCUT2D eigenvalue weighted by atomic mass is 32.2. The molecule has 0 spiro atoms. The third-order valence-corrected chi connectivity index (χ3v) is 5.21. The molecule has 7 heteroatoms. The van der Waals surface area contributed by atoms with Gasteiger partial charge in [0.15, 0.2) is 0 Å². The summed E-state index contributed by atoms with van der Waals surface area (Å²) in [6.45, 7) is 2.80. The monoisotopic (exact) mass is 376 g/mol. The van der Waals surface area contributed by atoms with Crippen LogP contribution in [0.15, 0.2) is 54.6 Å². The lowest BCUT2D eigenvalue weighted by molar-refractivity contribution is -0.124. The van der Waals surface area contributed by atoms with Gasteiger partial charge in [0.1, 0.15) is 11.8 Å². The number of ether oxygens (including phenoxy) is 1. The first-order chi connectivity index (χ1) is 12.3. The van der Waals surface area contributed by atoms with Crippen molar-refractivity contribution in [2.75, 3.05) is 19.9 Å². The second-order valence-electron chi connectivity index (χ2n) is 5.89. The van der Waals surface area contributed by atoms with Crippen LogP contribution in [0.25, 0.3) is 0 Å². The predicted molar refractivity (Wildman–Crippen MR) is 101 cm³/mol. The van der Waals surface area contributed by atoms with Crippen molar-refractivity contribution in [3.63, 3.8) is 0 Å². The molecule has 6 nitrogen and oxygen atoms in total. The second kappa shape index (κ2) is 8.82. The lowest BCUT2D eigenvalue weighted by atomic mass is 10.1. The van der Waals surface area contributed by atoms with Crippen LogP contribution in [0.5, 0.6) is 5.75 Å². The fraction of sp³-hybridized carbons (Fsp3) is 0.316. The summed E-state index contributed by atoms with van der Waals surface area (Å²) in [5.41, 5.74) is 1.51. The van der Waals surface area contributed by atoms with Crippen molar-refractivity contribution in [1.29, 1.82) is 0 Å². The number of rotatable bonds is 8. The van der Waals surface area contributed by atoms with Gasteiger partial charge in [-0.25, -0.2) is 8.42 Å². The topological polar surface area (TPSA) is 75.7 Å². The van der Waals surface area contributed by atoms with Crippen molar-refractivity contribution in [3.8, 4) is 5.75 Å². The molecule has 0 aliphatic rings. The number of carbonyl (C=O) groups is 1. The number of carbonyl (C=O) groups excluding carboxylic acids is 1. The first kappa shape index (κ1) is 19.9. The molecule has 0 aliphatic heterocycles. The van der Waals surface area contributed by atoms with E-state index in [0.29, 0.717) is 18.7 Å². The van der Waals surface area contributed by atoms with Crippen molar-refractivity contribution >= 4 is 15.9 Å². The number of benzene rings is 2. The maximum absolute atomic E-state index is 12.7. The Kier molecular flexibility index (Phi) is 6.76. The van der Waals surface area contributed by atoms with E-state index in [4.69, 9.17) is 4.74 Å². The molecule has 0 unspecified atom stereocenters. The molecule has 26 heavy (non-hydrogen) atoms. The van der Waals surface area contributed by atoms with E-state index in [1.165, 1.54) is 7.05 Å². The third-order valence-electron chi connectivity index (χ3n) is 3.95. The SMILES string of the molecule is CCOc1ccc(CNC(=O)[C@H](c2ccccc2)N(C)S(C)(=O)=O)cc1. The van der Waals surface area contributed by atoms with Crippen LogP contribution in [-0.2, 0) is 21.4 Å². The van der Waals surface area contributed by atoms with E-state index in [1.807, 2.05) is 37.3 Å². The van der Waals surface area contributed by atoms with Crippen molar-refractivity contribution in [2.24, 2.45) is 0 Å². The van der Waals surface area contributed by atoms with Gasteiger partial charge in [-0.15, -0.1) is 0 Å². The summed E-state index contributed by atoms with van der Waals surface area (Å²) in [5.74, 6) is 0.388. The molecule has 2 aromatic carbocycles. The Morgan fingerprint density at radius 2 is 1.73 bits per heavy atom. The van der Waals surface area contributed by atoms with E-state index < -0.39 is 16.1 Å². The zero-order valence-electron chi connectivity index (χ0n) is 15.2. The van der Waals surface area contributed by atoms with Crippen LogP contribution in [0.2, 0.25) is 0 Å². The van der Waals surface area contributed by atoms with Crippen molar-refractivity contribution in [2.45, 2.75) is 19.5 Å². The van der Waals surface area contributed by atoms with Gasteiger partial charge < -0.3 is 10.1 Å². The van der Waals surface area contributed by atoms with Gasteiger partial charge in [0, 0.05) is 13.6 Å². The van der Waals surface area contributed by atoms with E-state index in [1.54, 1.807) is 24.3 Å². The zero-order valence-corrected chi connectivity index (χ0v) is 16.0. The molecule has 0 saturated carbocycles. The number of hydrogen-bond acceptors (Lipinski definition) is 4. The zero-order chi connectivity index (χ0) is 19.2. The molecule has 0 aliphatic carbocycles. The van der Waals surface area contributed by atoms with Crippen molar-refractivity contribution in [1.82, 2.24) is 9.62 Å². The summed E-state index contributed by atoms with van der Waals surface area (Å²) in [6.07, 6.45) is 1.09. The van der Waals surface area contributed by atoms with Crippen LogP contribution in [0.1, 0.15) is 24.1 Å². The van der Waals surface area contributed by atoms with Gasteiger partial charge >= 0.3 is 0 Å². The maximum atomic E-state index is 12.7. The molecule has 0 heterocycles. The average Bonchev–Trinajstić information content (AvgIpc) is 2.62. The molecule has 0 saturated heterocycles. The molecule has 140 valence electrons. The van der Waals surface area contributed by atoms with Crippen LogP contribution in [0.3, 0.4) is 0 Å². The van der Waals surface area contributed by atoms with Gasteiger partial charge in [0.25, 0.3) is 0 Å². The fourth-order valence-corrected chi connectivity index (χ4v) is 3.11. The third kappa shape index (κ3) is 5.31. The summed E-state index contributed by atoms with van der Waals surface area (Å²) in [4.78, 5) is 12.7. The Morgan fingerprint density at radius 1 is 1.12 bits per heavy atom. The Labute approximate surface area is 154 Å².